The molecule has 5 aromatic rings. The van der Waals surface area contributed by atoms with Crippen LogP contribution in [0.25, 0.3) is 0 Å². The van der Waals surface area contributed by atoms with Crippen LogP contribution in [-0.2, 0) is 74.1 Å². The molecule has 11 N–H and O–H groups in total. The molecule has 26 nitrogen and oxygen atoms in total. The van der Waals surface area contributed by atoms with E-state index in [1.807, 2.05) is 85.2 Å². The molecule has 5 rings (SSSR count). The van der Waals surface area contributed by atoms with Gasteiger partial charge in [-0.3, -0.25) is 38.6 Å². The molecule has 5 aromatic carbocycles. The number of nitrogens with one attached hydrogen (secondary N) is 8. The average molecular weight is 1730 g/mol. The molecule has 0 saturated carbocycles. The van der Waals surface area contributed by atoms with Gasteiger partial charge in [-0.05, 0) is 173 Å². The first-order valence-corrected chi connectivity index (χ1v) is 45.1. The van der Waals surface area contributed by atoms with Crippen LogP contribution in [-0.4, -0.2) is 135 Å². The predicted molar refractivity (Wildman–Crippen MR) is 442 cm³/mol. The van der Waals surface area contributed by atoms with Crippen molar-refractivity contribution in [2.45, 2.75) is 242 Å². The quantitative estimate of drug-likeness (QED) is 0.00880. The van der Waals surface area contributed by atoms with Crippen molar-refractivity contribution in [3.8, 4) is 0 Å². The third kappa shape index (κ3) is 43.9. The summed E-state index contributed by atoms with van der Waals surface area (Å²) in [6.07, 6.45) is 1.89. The van der Waals surface area contributed by atoms with E-state index in [2.05, 4.69) is 43.1 Å². The van der Waals surface area contributed by atoms with E-state index in [1.54, 1.807) is 122 Å². The van der Waals surface area contributed by atoms with Gasteiger partial charge in [-0.1, -0.05) is 190 Å². The van der Waals surface area contributed by atoms with E-state index in [-0.39, 0.29) is 51.6 Å². The van der Waals surface area contributed by atoms with Crippen molar-refractivity contribution < 1.29 is 108 Å². The first-order chi connectivity index (χ1) is 52.3. The summed E-state index contributed by atoms with van der Waals surface area (Å²) in [7, 11) is -21.9. The summed E-state index contributed by atoms with van der Waals surface area (Å²) in [6.45, 7) is 38.7. The molecule has 0 bridgehead atoms. The van der Waals surface area contributed by atoms with Crippen molar-refractivity contribution in [1.29, 1.82) is 0 Å². The summed E-state index contributed by atoms with van der Waals surface area (Å²) in [4.78, 5) is 56.2. The lowest BCUT2D eigenvalue weighted by atomic mass is 9.79. The van der Waals surface area contributed by atoms with E-state index >= 15 is 0 Å². The molecule has 0 heterocycles. The number of amides is 5. The van der Waals surface area contributed by atoms with E-state index in [1.165, 1.54) is 67.5 Å². The maximum Gasteiger partial charge on any atom is 0.516 e. The van der Waals surface area contributed by atoms with Crippen molar-refractivity contribution >= 4 is 109 Å². The fourth-order valence-electron chi connectivity index (χ4n) is 8.93. The van der Waals surface area contributed by atoms with Crippen molar-refractivity contribution in [2.24, 2.45) is 16.7 Å². The van der Waals surface area contributed by atoms with Gasteiger partial charge in [0.2, 0.25) is 53.7 Å². The van der Waals surface area contributed by atoms with Gasteiger partial charge in [-0.2, -0.15) is 34.8 Å². The Bertz CT molecular complexity index is 4420. The molecule has 5 amide bonds. The zero-order valence-corrected chi connectivity index (χ0v) is 73.8. The van der Waals surface area contributed by atoms with Gasteiger partial charge in [0.1, 0.15) is 0 Å². The summed E-state index contributed by atoms with van der Waals surface area (Å²) in [5.74, 6) is -2.52. The minimum absolute atomic E-state index is 0.0833. The van der Waals surface area contributed by atoms with E-state index < -0.39 is 108 Å². The second-order valence-corrected chi connectivity index (χ2v) is 38.8. The highest BCUT2D eigenvalue weighted by Gasteiger charge is 2.46. The van der Waals surface area contributed by atoms with Gasteiger partial charge in [0.05, 0.1) is 28.2 Å². The predicted octanol–water partition coefficient (Wildman–Crippen LogP) is 13.6. The van der Waals surface area contributed by atoms with E-state index in [0.29, 0.717) is 41.7 Å². The summed E-state index contributed by atoms with van der Waals surface area (Å²) in [5, 5.41) is 33.0. The Morgan fingerprint density at radius 2 is 0.791 bits per heavy atom. The fourth-order valence-corrected chi connectivity index (χ4v) is 15.2. The Morgan fingerprint density at radius 1 is 0.452 bits per heavy atom. The van der Waals surface area contributed by atoms with Gasteiger partial charge in [0.25, 0.3) is 10.0 Å². The lowest BCUT2D eigenvalue weighted by molar-refractivity contribution is -0.167. The highest BCUT2D eigenvalue weighted by Crippen LogP contribution is 2.29. The van der Waals surface area contributed by atoms with E-state index in [9.17, 15) is 92.4 Å². The molecule has 5 atom stereocenters. The SMILES string of the molecule is CCC(C)(C)C(=O)NC(C)(C)CS(=O)(=O)NS(C)(=O)=O.CCC(C)(C)C(=O)NC(C)(C)CS(=O)(=O)Nc1ccccc1.CCC(C)C(=O)NO.CCC(C)c1ccc(B(O)O)cc1.CCC(C)c1ccc(NC(=O)C(F)(F)F)cc1.CCC(C)c1ccc(NS(=O)(=O)C(F)(F)F)cc1.CCC(C)c1ccc(S(=O)(=O)NC(C)=O)cc1. The molecule has 0 aliphatic carbocycles. The molecule has 38 heteroatoms. The maximum atomic E-state index is 12.3. The summed E-state index contributed by atoms with van der Waals surface area (Å²) in [6, 6.07) is 35.0. The summed E-state index contributed by atoms with van der Waals surface area (Å²) >= 11 is 0. The fraction of sp³-hybridized carbons (Fsp3) is 0.545. The van der Waals surface area contributed by atoms with Gasteiger partial charge in [0.15, 0.2) is 0 Å². The number of hydroxylamine groups is 1. The zero-order chi connectivity index (χ0) is 89.9. The second-order valence-electron chi connectivity index (χ2n) is 30.0. The molecule has 0 aromatic heterocycles. The van der Waals surface area contributed by atoms with Gasteiger partial charge in [-0.15, -0.1) is 4.13 Å². The Hall–Kier alpha value is -7.72. The number of benzene rings is 5. The van der Waals surface area contributed by atoms with Crippen molar-refractivity contribution in [3.63, 3.8) is 0 Å². The number of hydrogen-bond acceptors (Lipinski definition) is 18. The Kier molecular flexibility index (Phi) is 45.9. The van der Waals surface area contributed by atoms with Crippen LogP contribution in [0.3, 0.4) is 0 Å². The monoisotopic (exact) mass is 1730 g/mol. The van der Waals surface area contributed by atoms with Gasteiger partial charge < -0.3 is 26.0 Å². The first-order valence-electron chi connectivity index (χ1n) is 36.9. The van der Waals surface area contributed by atoms with Gasteiger partial charge >= 0.3 is 34.7 Å². The van der Waals surface area contributed by atoms with Crippen LogP contribution in [0.5, 0.6) is 0 Å². The highest BCUT2D eigenvalue weighted by atomic mass is 32.3. The molecule has 0 fully saturated rings. The zero-order valence-electron chi connectivity index (χ0n) is 69.7. The maximum absolute atomic E-state index is 12.3. The molecule has 0 aliphatic heterocycles. The molecule has 0 radical (unpaired) electrons. The molecule has 115 heavy (non-hydrogen) atoms. The third-order valence-corrected chi connectivity index (χ3v) is 25.4. The Labute approximate surface area is 678 Å². The van der Waals surface area contributed by atoms with Crippen LogP contribution in [0, 0.1) is 16.7 Å². The molecular formula is C77H121BF6N8O18S5. The van der Waals surface area contributed by atoms with Gasteiger partial charge in [0, 0.05) is 46.3 Å². The molecule has 0 spiro atoms. The molecule has 0 aliphatic rings. The number of rotatable bonds is 30. The minimum atomic E-state index is -5.34. The number of sulfonamides is 5. The van der Waals surface area contributed by atoms with Crippen molar-refractivity contribution in [1.82, 2.24) is 25.0 Å². The van der Waals surface area contributed by atoms with Crippen molar-refractivity contribution in [3.05, 3.63) is 150 Å². The smallest absolute Gasteiger partial charge is 0.423 e. The average Bonchev–Trinajstić information content (AvgIpc) is 0.830. The van der Waals surface area contributed by atoms with Crippen LogP contribution in [0.2, 0.25) is 0 Å². The van der Waals surface area contributed by atoms with Crippen LogP contribution in [0.1, 0.15) is 236 Å². The lowest BCUT2D eigenvalue weighted by Gasteiger charge is -2.31. The number of hydrogen-bond donors (Lipinski definition) is 11. The van der Waals surface area contributed by atoms with Crippen LogP contribution < -0.4 is 45.2 Å². The number of halogens is 6. The number of alkyl halides is 6. The van der Waals surface area contributed by atoms with E-state index in [4.69, 9.17) is 15.3 Å². The first kappa shape index (κ1) is 109. The number of carbonyl (C=O) groups excluding carboxylic acids is 5. The van der Waals surface area contributed by atoms with Gasteiger partial charge in [-0.25, -0.2) is 43.9 Å². The Balaban J connectivity index is 0. The second kappa shape index (κ2) is 48.2. The largest absolute Gasteiger partial charge is 0.516 e. The Morgan fingerprint density at radius 3 is 1.09 bits per heavy atom. The van der Waals surface area contributed by atoms with Crippen LogP contribution in [0.15, 0.2) is 132 Å². The number of para-hydroxylation sites is 1. The van der Waals surface area contributed by atoms with E-state index in [0.717, 1.165) is 55.1 Å². The summed E-state index contributed by atoms with van der Waals surface area (Å²) in [5.41, 5.74) is -1.37. The number of carbonyl (C=O) groups is 5. The van der Waals surface area contributed by atoms with Crippen molar-refractivity contribution in [2.75, 3.05) is 32.5 Å². The topological polar surface area (TPSA) is 413 Å². The van der Waals surface area contributed by atoms with Crippen LogP contribution >= 0.6 is 0 Å². The molecule has 0 saturated heterocycles. The normalized spacial score (nSPS) is 13.3. The minimum Gasteiger partial charge on any atom is -0.423 e. The number of anilines is 3. The lowest BCUT2D eigenvalue weighted by Crippen LogP contribution is -2.54. The highest BCUT2D eigenvalue weighted by molar-refractivity contribution is 8.04. The van der Waals surface area contributed by atoms with Crippen LogP contribution in [0.4, 0.5) is 43.4 Å². The molecular weight excluding hydrogens is 1610 g/mol. The molecule has 652 valence electrons. The standard InChI is InChI=1S/C16H26N2O3S.C12H14F3NO.C12H17NO3S.C11H14F3NO2S.C11H24N2O5S2.C10H15BO2.C5H11NO2/c1-6-15(2,3)14(19)17-16(4,5)12-22(20,21)18-13-10-8-7-9-11-13;1-3-8(2)9-4-6-10(7-5-9)16-11(17)12(13,14)15;1-4-9(2)11-5-7-12(8-6-11)17(15,16)13-10(3)14;1-3-8(2)9-4-6-10(7-5-9)15-18(16,17)11(12,13)14;1-7-10(2,3)9(14)12-11(4,5)8-20(17,18)13-19(6,15)16;1-3-8(2)9-4-6-10(7-5-9)11(12)13;1-3-4(2)5(7)6-8/h7-11,18H,6,12H2,1-5H3,(H,17,19);4-8H,3H2,1-2H3,(H,16,17);5-9H,4H2,1-3H3,(H,13,14);4-8,15H,3H2,1-2H3;13H,7-8H2,1-6H3,(H,12,14);4-8,12-13H,3H2,1-2H3;4,8H,3H2,1-2H3,(H,6,7). The molecule has 5 unspecified atom stereocenters. The summed E-state index contributed by atoms with van der Waals surface area (Å²) < 4.78 is 195. The third-order valence-electron chi connectivity index (χ3n) is 17.8.